The lowest BCUT2D eigenvalue weighted by Gasteiger charge is -2.37. The average Bonchev–Trinajstić information content (AvgIpc) is 2.76. The van der Waals surface area contributed by atoms with Gasteiger partial charge in [-0.1, -0.05) is 90.4 Å². The highest BCUT2D eigenvalue weighted by Crippen LogP contribution is 2.41. The maximum absolute atomic E-state index is 11.7. The summed E-state index contributed by atoms with van der Waals surface area (Å²) in [6, 6.07) is 0. The van der Waals surface area contributed by atoms with E-state index >= 15 is 0 Å². The van der Waals surface area contributed by atoms with E-state index in [0.29, 0.717) is 12.5 Å². The van der Waals surface area contributed by atoms with Crippen molar-refractivity contribution in [2.45, 2.75) is 103 Å². The Morgan fingerprint density at radius 1 is 0.724 bits per heavy atom. The van der Waals surface area contributed by atoms with Crippen LogP contribution in [-0.2, 0) is 19.2 Å². The molecule has 6 nitrogen and oxygen atoms in total. The summed E-state index contributed by atoms with van der Waals surface area (Å²) in [4.78, 5) is 31.9. The van der Waals surface area contributed by atoms with Crippen LogP contribution in [0.25, 0.3) is 0 Å². The molecule has 0 heterocycles. The lowest BCUT2D eigenvalue weighted by Crippen LogP contribution is -2.29. The van der Waals surface area contributed by atoms with Crippen LogP contribution in [0.4, 0.5) is 9.59 Å². The molecule has 2 rings (SSSR count). The Kier molecular flexibility index (Phi) is 11.9. The van der Waals surface area contributed by atoms with Crippen LogP contribution in [0.3, 0.4) is 0 Å². The van der Waals surface area contributed by atoms with Crippen LogP contribution in [0.2, 0.25) is 0 Å². The van der Waals surface area contributed by atoms with Gasteiger partial charge in [-0.3, -0.25) is 0 Å². The first-order chi connectivity index (χ1) is 14.2. The molecule has 0 spiro atoms. The van der Waals surface area contributed by atoms with Crippen LogP contribution in [0, 0.1) is 17.8 Å². The van der Waals surface area contributed by atoms with Gasteiger partial charge in [0.25, 0.3) is 0 Å². The van der Waals surface area contributed by atoms with E-state index in [1.165, 1.54) is 64.2 Å². The smallest absolute Gasteiger partial charge is 0.432 e. The van der Waals surface area contributed by atoms with Gasteiger partial charge in [-0.2, -0.15) is 19.4 Å². The number of rotatable bonds is 10. The monoisotopic (exact) mass is 412 g/mol. The van der Waals surface area contributed by atoms with Crippen molar-refractivity contribution in [2.24, 2.45) is 17.8 Å². The standard InChI is InChI=1S/C23H40O6/c1-2-3-4-11-17-26-22(24)28-29-23(25)27-18-16-21(19-12-7-5-8-13-19)20-14-9-6-10-15-20/h19-21H,2-18H2,1H3. The Bertz CT molecular complexity index is 436. The number of carbonyl (C=O) groups excluding carboxylic acids is 2. The molecule has 6 heteroatoms. The summed E-state index contributed by atoms with van der Waals surface area (Å²) in [6.45, 7) is 2.69. The molecule has 0 aromatic carbocycles. The predicted octanol–water partition coefficient (Wildman–Crippen LogP) is 6.96. The molecule has 29 heavy (non-hydrogen) atoms. The zero-order valence-electron chi connectivity index (χ0n) is 18.2. The molecule has 0 atom stereocenters. The molecule has 2 aliphatic carbocycles. The van der Waals surface area contributed by atoms with Gasteiger partial charge >= 0.3 is 12.3 Å². The van der Waals surface area contributed by atoms with Crippen molar-refractivity contribution in [1.29, 1.82) is 0 Å². The SMILES string of the molecule is CCCCCCOC(=O)OOC(=O)OCCC(C1CCCCC1)C1CCCCC1. The minimum Gasteiger partial charge on any atom is -0.432 e. The van der Waals surface area contributed by atoms with Gasteiger partial charge in [-0.15, -0.1) is 0 Å². The van der Waals surface area contributed by atoms with Crippen molar-refractivity contribution in [3.8, 4) is 0 Å². The highest BCUT2D eigenvalue weighted by molar-refractivity contribution is 5.63. The Labute approximate surface area is 175 Å². The third kappa shape index (κ3) is 9.72. The lowest BCUT2D eigenvalue weighted by atomic mass is 9.68. The number of hydrogen-bond acceptors (Lipinski definition) is 6. The molecule has 0 aliphatic heterocycles. The van der Waals surface area contributed by atoms with Crippen LogP contribution in [0.5, 0.6) is 0 Å². The molecule has 0 saturated heterocycles. The van der Waals surface area contributed by atoms with E-state index in [1.807, 2.05) is 0 Å². The largest absolute Gasteiger partial charge is 0.549 e. The molecule has 0 radical (unpaired) electrons. The van der Waals surface area contributed by atoms with Crippen LogP contribution in [0.15, 0.2) is 0 Å². The van der Waals surface area contributed by atoms with Crippen LogP contribution in [0.1, 0.15) is 103 Å². The molecule has 2 saturated carbocycles. The fraction of sp³-hybridized carbons (Fsp3) is 0.913. The predicted molar refractivity (Wildman–Crippen MR) is 110 cm³/mol. The first-order valence-electron chi connectivity index (χ1n) is 11.9. The quantitative estimate of drug-likeness (QED) is 0.167. The molecule has 2 fully saturated rings. The van der Waals surface area contributed by atoms with E-state index in [-0.39, 0.29) is 6.61 Å². The minimum atomic E-state index is -0.999. The van der Waals surface area contributed by atoms with Crippen molar-refractivity contribution >= 4 is 12.3 Å². The molecule has 0 aromatic rings. The van der Waals surface area contributed by atoms with Crippen molar-refractivity contribution in [3.05, 3.63) is 0 Å². The van der Waals surface area contributed by atoms with E-state index < -0.39 is 12.3 Å². The Morgan fingerprint density at radius 2 is 1.24 bits per heavy atom. The fourth-order valence-electron chi connectivity index (χ4n) is 5.06. The Morgan fingerprint density at radius 3 is 1.76 bits per heavy atom. The maximum Gasteiger partial charge on any atom is 0.549 e. The van der Waals surface area contributed by atoms with Crippen molar-refractivity contribution in [2.75, 3.05) is 13.2 Å². The summed E-state index contributed by atoms with van der Waals surface area (Å²) in [5, 5.41) is 0. The van der Waals surface area contributed by atoms with E-state index in [4.69, 9.17) is 9.47 Å². The Hall–Kier alpha value is -1.46. The van der Waals surface area contributed by atoms with Crippen LogP contribution < -0.4 is 0 Å². The molecule has 0 bridgehead atoms. The maximum atomic E-state index is 11.7. The topological polar surface area (TPSA) is 71.1 Å². The summed E-state index contributed by atoms with van der Waals surface area (Å²) >= 11 is 0. The first kappa shape index (κ1) is 23.8. The zero-order valence-corrected chi connectivity index (χ0v) is 18.2. The summed E-state index contributed by atoms with van der Waals surface area (Å²) in [6.07, 6.45) is 16.1. The summed E-state index contributed by atoms with van der Waals surface area (Å²) in [5.41, 5.74) is 0. The van der Waals surface area contributed by atoms with Gasteiger partial charge < -0.3 is 9.47 Å². The fourth-order valence-corrected chi connectivity index (χ4v) is 5.06. The number of hydrogen-bond donors (Lipinski definition) is 0. The Balaban J connectivity index is 1.63. The van der Waals surface area contributed by atoms with Crippen LogP contribution >= 0.6 is 0 Å². The highest BCUT2D eigenvalue weighted by atomic mass is 17.3. The number of carbonyl (C=O) groups is 2. The van der Waals surface area contributed by atoms with Crippen molar-refractivity contribution in [3.63, 3.8) is 0 Å². The number of ether oxygens (including phenoxy) is 2. The van der Waals surface area contributed by atoms with E-state index in [0.717, 1.165) is 43.9 Å². The van der Waals surface area contributed by atoms with Gasteiger partial charge in [-0.25, -0.2) is 0 Å². The third-order valence-electron chi connectivity index (χ3n) is 6.58. The molecular formula is C23H40O6. The van der Waals surface area contributed by atoms with Crippen molar-refractivity contribution in [1.82, 2.24) is 0 Å². The van der Waals surface area contributed by atoms with Gasteiger partial charge in [0.1, 0.15) is 0 Å². The first-order valence-corrected chi connectivity index (χ1v) is 11.9. The average molecular weight is 413 g/mol. The second-order valence-corrected chi connectivity index (χ2v) is 8.67. The molecule has 0 amide bonds. The van der Waals surface area contributed by atoms with Gasteiger partial charge in [-0.05, 0) is 30.6 Å². The molecule has 0 aromatic heterocycles. The van der Waals surface area contributed by atoms with Gasteiger partial charge in [0.2, 0.25) is 0 Å². The third-order valence-corrected chi connectivity index (χ3v) is 6.58. The normalized spacial score (nSPS) is 18.4. The van der Waals surface area contributed by atoms with Crippen molar-refractivity contribution < 1.29 is 28.8 Å². The molecule has 2 aliphatic rings. The van der Waals surface area contributed by atoms with E-state index in [9.17, 15) is 9.59 Å². The number of unbranched alkanes of at least 4 members (excludes halogenated alkanes) is 3. The second kappa shape index (κ2) is 14.5. The summed E-state index contributed by atoms with van der Waals surface area (Å²) in [5.74, 6) is 2.13. The summed E-state index contributed by atoms with van der Waals surface area (Å²) in [7, 11) is 0. The lowest BCUT2D eigenvalue weighted by molar-refractivity contribution is -0.218. The van der Waals surface area contributed by atoms with E-state index in [1.54, 1.807) is 0 Å². The molecule has 0 N–H and O–H groups in total. The zero-order chi connectivity index (χ0) is 20.7. The highest BCUT2D eigenvalue weighted by Gasteiger charge is 2.31. The molecule has 168 valence electrons. The molecular weight excluding hydrogens is 372 g/mol. The molecule has 0 unspecified atom stereocenters. The van der Waals surface area contributed by atoms with E-state index in [2.05, 4.69) is 16.7 Å². The van der Waals surface area contributed by atoms with Gasteiger partial charge in [0.15, 0.2) is 0 Å². The van der Waals surface area contributed by atoms with Crippen LogP contribution in [-0.4, -0.2) is 25.5 Å². The minimum absolute atomic E-state index is 0.266. The summed E-state index contributed by atoms with van der Waals surface area (Å²) < 4.78 is 10.0. The second-order valence-electron chi connectivity index (χ2n) is 8.67. The van der Waals surface area contributed by atoms with Gasteiger partial charge in [0.05, 0.1) is 13.2 Å². The van der Waals surface area contributed by atoms with Gasteiger partial charge in [0, 0.05) is 0 Å².